The summed E-state index contributed by atoms with van der Waals surface area (Å²) in [5, 5.41) is 43.7. The molecule has 0 spiro atoms. The molecular weight excluding hydrogens is 319 g/mol. The Morgan fingerprint density at radius 2 is 1.41 bits per heavy atom. The molecule has 120 valence electrons. The van der Waals surface area contributed by atoms with Crippen molar-refractivity contribution in [2.45, 2.75) is 31.0 Å². The van der Waals surface area contributed by atoms with Crippen LogP contribution in [0, 0.1) is 0 Å². The van der Waals surface area contributed by atoms with Crippen LogP contribution in [0.25, 0.3) is 0 Å². The Balaban J connectivity index is 0. The van der Waals surface area contributed by atoms with Crippen LogP contribution in [0.4, 0.5) is 0 Å². The SMILES string of the molecule is O=C(O)CC(OC(=O)CC(O)(CC(=O)O)C(=O)O)C(=O)O.[NaH]. The maximum absolute atomic E-state index is 11.3. The summed E-state index contributed by atoms with van der Waals surface area (Å²) in [6.07, 6.45) is -5.84. The number of aliphatic carboxylic acids is 4. The van der Waals surface area contributed by atoms with E-state index >= 15 is 0 Å². The summed E-state index contributed by atoms with van der Waals surface area (Å²) in [5.41, 5.74) is -2.99. The first-order chi connectivity index (χ1) is 9.47. The molecule has 2 unspecified atom stereocenters. The van der Waals surface area contributed by atoms with Crippen LogP contribution in [0.3, 0.4) is 0 Å². The van der Waals surface area contributed by atoms with Crippen molar-refractivity contribution in [3.8, 4) is 0 Å². The quantitative estimate of drug-likeness (QED) is 0.221. The van der Waals surface area contributed by atoms with E-state index < -0.39 is 60.8 Å². The Labute approximate surface area is 144 Å². The summed E-state index contributed by atoms with van der Waals surface area (Å²) in [5.74, 6) is -8.67. The fourth-order valence-electron chi connectivity index (χ4n) is 1.24. The van der Waals surface area contributed by atoms with E-state index in [0.29, 0.717) is 0 Å². The van der Waals surface area contributed by atoms with Crippen LogP contribution in [-0.4, -0.2) is 96.6 Å². The van der Waals surface area contributed by atoms with Gasteiger partial charge in [0.25, 0.3) is 0 Å². The molecule has 0 radical (unpaired) electrons. The molecule has 0 aliphatic heterocycles. The first kappa shape index (κ1) is 22.6. The van der Waals surface area contributed by atoms with Crippen LogP contribution in [-0.2, 0) is 28.7 Å². The molecule has 0 fully saturated rings. The van der Waals surface area contributed by atoms with Crippen LogP contribution < -0.4 is 0 Å². The second-order valence-electron chi connectivity index (χ2n) is 4.00. The van der Waals surface area contributed by atoms with Crippen molar-refractivity contribution in [1.82, 2.24) is 0 Å². The monoisotopic (exact) mass is 332 g/mol. The van der Waals surface area contributed by atoms with Gasteiger partial charge in [-0.05, 0) is 0 Å². The summed E-state index contributed by atoms with van der Waals surface area (Å²) in [6.45, 7) is 0. The fourth-order valence-corrected chi connectivity index (χ4v) is 1.24. The molecule has 0 aromatic carbocycles. The van der Waals surface area contributed by atoms with Crippen molar-refractivity contribution in [3.63, 3.8) is 0 Å². The molecule has 0 aliphatic carbocycles. The van der Waals surface area contributed by atoms with E-state index in [2.05, 4.69) is 4.74 Å². The minimum atomic E-state index is -2.99. The van der Waals surface area contributed by atoms with Gasteiger partial charge in [-0.3, -0.25) is 14.4 Å². The fraction of sp³-hybridized carbons (Fsp3) is 0.500. The number of rotatable bonds is 9. The Morgan fingerprint density at radius 3 is 1.73 bits per heavy atom. The zero-order chi connectivity index (χ0) is 16.8. The molecule has 0 saturated carbocycles. The Kier molecular flexibility index (Phi) is 9.60. The first-order valence-electron chi connectivity index (χ1n) is 5.29. The van der Waals surface area contributed by atoms with Gasteiger partial charge in [-0.2, -0.15) is 0 Å². The van der Waals surface area contributed by atoms with Crippen molar-refractivity contribution < 1.29 is 54.2 Å². The van der Waals surface area contributed by atoms with Gasteiger partial charge >= 0.3 is 59.4 Å². The Bertz CT molecular complexity index is 473. The molecular formula is C10H13NaO11. The number of ether oxygens (including phenoxy) is 1. The number of carboxylic acid groups (broad SMARTS) is 4. The zero-order valence-electron chi connectivity index (χ0n) is 10.4. The third-order valence-corrected chi connectivity index (χ3v) is 2.19. The van der Waals surface area contributed by atoms with Crippen molar-refractivity contribution in [1.29, 1.82) is 0 Å². The van der Waals surface area contributed by atoms with E-state index in [1.165, 1.54) is 0 Å². The molecule has 12 heteroatoms. The predicted molar refractivity (Wildman–Crippen MR) is 66.4 cm³/mol. The van der Waals surface area contributed by atoms with Gasteiger partial charge in [0.2, 0.25) is 6.10 Å². The van der Waals surface area contributed by atoms with Crippen molar-refractivity contribution in [2.24, 2.45) is 0 Å². The van der Waals surface area contributed by atoms with Crippen molar-refractivity contribution >= 4 is 59.4 Å². The normalized spacial score (nSPS) is 13.9. The van der Waals surface area contributed by atoms with Gasteiger partial charge in [0, 0.05) is 0 Å². The van der Waals surface area contributed by atoms with Crippen LogP contribution in [0.2, 0.25) is 0 Å². The Morgan fingerprint density at radius 1 is 0.909 bits per heavy atom. The number of carboxylic acids is 4. The first-order valence-corrected chi connectivity index (χ1v) is 5.29. The number of hydrogen-bond donors (Lipinski definition) is 5. The van der Waals surface area contributed by atoms with E-state index in [1.54, 1.807) is 0 Å². The molecule has 2 atom stereocenters. The Hall–Kier alpha value is -1.69. The van der Waals surface area contributed by atoms with Crippen LogP contribution in [0.1, 0.15) is 19.3 Å². The van der Waals surface area contributed by atoms with E-state index in [1.807, 2.05) is 0 Å². The van der Waals surface area contributed by atoms with E-state index in [-0.39, 0.29) is 29.6 Å². The molecule has 0 amide bonds. The maximum atomic E-state index is 11.3. The molecule has 11 nitrogen and oxygen atoms in total. The van der Waals surface area contributed by atoms with Gasteiger partial charge in [0.1, 0.15) is 0 Å². The second kappa shape index (κ2) is 9.35. The summed E-state index contributed by atoms with van der Waals surface area (Å²) in [4.78, 5) is 53.5. The van der Waals surface area contributed by atoms with Gasteiger partial charge in [0.05, 0.1) is 19.3 Å². The van der Waals surface area contributed by atoms with Crippen LogP contribution in [0.5, 0.6) is 0 Å². The second-order valence-corrected chi connectivity index (χ2v) is 4.00. The molecule has 0 aliphatic rings. The van der Waals surface area contributed by atoms with E-state index in [0.717, 1.165) is 0 Å². The standard InChI is InChI=1S/C10H12O11.Na.H/c11-5(12)1-4(8(16)17)21-7(15)3-10(20,9(18)19)2-6(13)14;;/h4,20H,1-3H2,(H,11,12)(H,13,14)(H,16,17)(H,18,19);;. The van der Waals surface area contributed by atoms with Crippen molar-refractivity contribution in [3.05, 3.63) is 0 Å². The molecule has 0 aromatic heterocycles. The van der Waals surface area contributed by atoms with E-state index in [4.69, 9.17) is 20.4 Å². The van der Waals surface area contributed by atoms with Gasteiger partial charge in [-0.15, -0.1) is 0 Å². The summed E-state index contributed by atoms with van der Waals surface area (Å²) in [7, 11) is 0. The van der Waals surface area contributed by atoms with Gasteiger partial charge in [-0.25, -0.2) is 9.59 Å². The topological polar surface area (TPSA) is 196 Å². The molecule has 0 aromatic rings. The molecule has 0 saturated heterocycles. The number of hydrogen-bond acceptors (Lipinski definition) is 7. The number of aliphatic hydroxyl groups is 1. The number of carbonyl (C=O) groups excluding carboxylic acids is 1. The number of esters is 1. The third-order valence-electron chi connectivity index (χ3n) is 2.19. The molecule has 0 bridgehead atoms. The predicted octanol–water partition coefficient (Wildman–Crippen LogP) is -2.51. The average molecular weight is 332 g/mol. The van der Waals surface area contributed by atoms with Crippen LogP contribution in [0.15, 0.2) is 0 Å². The molecule has 5 N–H and O–H groups in total. The zero-order valence-corrected chi connectivity index (χ0v) is 10.4. The van der Waals surface area contributed by atoms with Gasteiger partial charge < -0.3 is 30.3 Å². The third kappa shape index (κ3) is 7.93. The molecule has 0 heterocycles. The number of carbonyl (C=O) groups is 5. The minimum absolute atomic E-state index is 0. The summed E-state index contributed by atoms with van der Waals surface area (Å²) >= 11 is 0. The molecule has 0 rings (SSSR count). The van der Waals surface area contributed by atoms with E-state index in [9.17, 15) is 29.1 Å². The van der Waals surface area contributed by atoms with Gasteiger partial charge in [-0.1, -0.05) is 0 Å². The summed E-state index contributed by atoms with van der Waals surface area (Å²) in [6, 6.07) is 0. The molecule has 22 heavy (non-hydrogen) atoms. The van der Waals surface area contributed by atoms with Gasteiger partial charge in [0.15, 0.2) is 5.60 Å². The van der Waals surface area contributed by atoms with Crippen LogP contribution >= 0.6 is 0 Å². The summed E-state index contributed by atoms with van der Waals surface area (Å²) < 4.78 is 4.21. The van der Waals surface area contributed by atoms with Crippen molar-refractivity contribution in [2.75, 3.05) is 0 Å². The average Bonchev–Trinajstić information content (AvgIpc) is 2.25.